The van der Waals surface area contributed by atoms with Crippen molar-refractivity contribution in [3.8, 4) is 34.3 Å². The molecule has 4 nitrogen and oxygen atoms in total. The first-order valence-corrected chi connectivity index (χ1v) is 9.86. The molecule has 0 saturated carbocycles. The normalized spacial score (nSPS) is 10.4. The second-order valence-electron chi connectivity index (χ2n) is 6.77. The van der Waals surface area contributed by atoms with Crippen molar-refractivity contribution in [2.24, 2.45) is 0 Å². The predicted molar refractivity (Wildman–Crippen MR) is 112 cm³/mol. The van der Waals surface area contributed by atoms with Gasteiger partial charge < -0.3 is 4.74 Å². The minimum absolute atomic E-state index is 0.462. The minimum Gasteiger partial charge on any atom is -0.494 e. The highest BCUT2D eigenvalue weighted by molar-refractivity contribution is 5.68. The first-order valence-electron chi connectivity index (χ1n) is 9.86. The maximum atomic E-state index is 8.83. The number of rotatable bonds is 9. The molecule has 1 heterocycles. The molecule has 0 spiro atoms. The highest BCUT2D eigenvalue weighted by atomic mass is 16.5. The molecule has 0 fully saturated rings. The summed E-state index contributed by atoms with van der Waals surface area (Å²) >= 11 is 0. The fourth-order valence-corrected chi connectivity index (χ4v) is 2.99. The number of benzene rings is 2. The van der Waals surface area contributed by atoms with Gasteiger partial charge in [-0.15, -0.1) is 0 Å². The zero-order valence-electron chi connectivity index (χ0n) is 16.3. The molecule has 3 rings (SSSR count). The van der Waals surface area contributed by atoms with Crippen LogP contribution in [0.2, 0.25) is 0 Å². The van der Waals surface area contributed by atoms with Crippen LogP contribution >= 0.6 is 0 Å². The molecule has 0 radical (unpaired) electrons. The Hall–Kier alpha value is -3.19. The van der Waals surface area contributed by atoms with E-state index >= 15 is 0 Å². The Kier molecular flexibility index (Phi) is 7.14. The van der Waals surface area contributed by atoms with Crippen LogP contribution in [-0.4, -0.2) is 16.6 Å². The van der Waals surface area contributed by atoms with Gasteiger partial charge >= 0.3 is 0 Å². The summed E-state index contributed by atoms with van der Waals surface area (Å²) in [5, 5.41) is 8.83. The second-order valence-corrected chi connectivity index (χ2v) is 6.77. The van der Waals surface area contributed by atoms with E-state index in [1.165, 1.54) is 25.7 Å². The SMILES string of the molecule is CCCCCCCOc1ccc(-c2ccc(-c3ncc(C#N)cn3)cc2)cc1. The van der Waals surface area contributed by atoms with Crippen molar-refractivity contribution in [2.45, 2.75) is 39.0 Å². The molecular formula is C24H25N3O. The van der Waals surface area contributed by atoms with E-state index in [0.29, 0.717) is 11.4 Å². The van der Waals surface area contributed by atoms with E-state index in [-0.39, 0.29) is 0 Å². The fourth-order valence-electron chi connectivity index (χ4n) is 2.99. The van der Waals surface area contributed by atoms with Crippen LogP contribution in [0, 0.1) is 11.3 Å². The molecule has 0 N–H and O–H groups in total. The van der Waals surface area contributed by atoms with Gasteiger partial charge in [0.1, 0.15) is 11.8 Å². The Balaban J connectivity index is 1.57. The summed E-state index contributed by atoms with van der Waals surface area (Å²) in [5.74, 6) is 1.54. The molecule has 0 aliphatic rings. The zero-order valence-corrected chi connectivity index (χ0v) is 16.3. The molecule has 0 bridgehead atoms. The number of nitriles is 1. The van der Waals surface area contributed by atoms with E-state index in [1.807, 2.05) is 30.3 Å². The summed E-state index contributed by atoms with van der Waals surface area (Å²) in [7, 11) is 0. The highest BCUT2D eigenvalue weighted by Gasteiger charge is 2.04. The zero-order chi connectivity index (χ0) is 19.6. The monoisotopic (exact) mass is 371 g/mol. The molecule has 3 aromatic rings. The molecule has 2 aromatic carbocycles. The average Bonchev–Trinajstić information content (AvgIpc) is 2.77. The van der Waals surface area contributed by atoms with Crippen molar-refractivity contribution in [1.82, 2.24) is 9.97 Å². The number of aromatic nitrogens is 2. The van der Waals surface area contributed by atoms with Crippen LogP contribution in [0.3, 0.4) is 0 Å². The molecule has 4 heteroatoms. The minimum atomic E-state index is 0.462. The van der Waals surface area contributed by atoms with Gasteiger partial charge in [-0.2, -0.15) is 5.26 Å². The Morgan fingerprint density at radius 1 is 0.786 bits per heavy atom. The van der Waals surface area contributed by atoms with Crippen LogP contribution in [-0.2, 0) is 0 Å². The van der Waals surface area contributed by atoms with Crippen molar-refractivity contribution in [3.05, 3.63) is 66.5 Å². The lowest BCUT2D eigenvalue weighted by Gasteiger charge is -2.08. The number of unbranched alkanes of at least 4 members (excludes halogenated alkanes) is 4. The standard InChI is InChI=1S/C24H25N3O/c1-2-3-4-5-6-15-28-23-13-11-21(12-14-23)20-7-9-22(10-8-20)24-26-17-19(16-25)18-27-24/h7-14,17-18H,2-6,15H2,1H3. The van der Waals surface area contributed by atoms with Gasteiger partial charge in [-0.1, -0.05) is 69.0 Å². The summed E-state index contributed by atoms with van der Waals surface area (Å²) in [4.78, 5) is 8.47. The third-order valence-corrected chi connectivity index (χ3v) is 4.63. The van der Waals surface area contributed by atoms with Gasteiger partial charge in [0.25, 0.3) is 0 Å². The van der Waals surface area contributed by atoms with Gasteiger partial charge in [-0.25, -0.2) is 9.97 Å². The number of hydrogen-bond acceptors (Lipinski definition) is 4. The Labute approximate surface area is 166 Å². The Bertz CT molecular complexity index is 895. The topological polar surface area (TPSA) is 58.8 Å². The largest absolute Gasteiger partial charge is 0.494 e. The lowest BCUT2D eigenvalue weighted by molar-refractivity contribution is 0.304. The smallest absolute Gasteiger partial charge is 0.159 e. The molecule has 0 amide bonds. The van der Waals surface area contributed by atoms with Crippen molar-refractivity contribution < 1.29 is 4.74 Å². The second kappa shape index (κ2) is 10.2. The first-order chi connectivity index (χ1) is 13.8. The molecule has 0 unspecified atom stereocenters. The average molecular weight is 371 g/mol. The van der Waals surface area contributed by atoms with Gasteiger partial charge in [0, 0.05) is 18.0 Å². The van der Waals surface area contributed by atoms with Gasteiger partial charge in [-0.3, -0.25) is 0 Å². The van der Waals surface area contributed by atoms with Crippen LogP contribution in [0.15, 0.2) is 60.9 Å². The molecule has 0 atom stereocenters. The molecule has 0 aliphatic carbocycles. The lowest BCUT2D eigenvalue weighted by atomic mass is 10.0. The fraction of sp³-hybridized carbons (Fsp3) is 0.292. The predicted octanol–water partition coefficient (Wildman–Crippen LogP) is 6.03. The van der Waals surface area contributed by atoms with Crippen LogP contribution in [0.5, 0.6) is 5.75 Å². The maximum Gasteiger partial charge on any atom is 0.159 e. The quantitative estimate of drug-likeness (QED) is 0.431. The van der Waals surface area contributed by atoms with E-state index in [2.05, 4.69) is 41.2 Å². The van der Waals surface area contributed by atoms with Gasteiger partial charge in [-0.05, 0) is 29.7 Å². The molecular weight excluding hydrogens is 346 g/mol. The summed E-state index contributed by atoms with van der Waals surface area (Å²) in [6, 6.07) is 18.4. The van der Waals surface area contributed by atoms with Crippen molar-refractivity contribution in [1.29, 1.82) is 5.26 Å². The van der Waals surface area contributed by atoms with Crippen LogP contribution in [0.1, 0.15) is 44.6 Å². The number of ether oxygens (including phenoxy) is 1. The molecule has 28 heavy (non-hydrogen) atoms. The van der Waals surface area contributed by atoms with E-state index in [1.54, 1.807) is 12.4 Å². The third-order valence-electron chi connectivity index (χ3n) is 4.63. The van der Waals surface area contributed by atoms with Gasteiger partial charge in [0.15, 0.2) is 5.82 Å². The van der Waals surface area contributed by atoms with Gasteiger partial charge in [0.2, 0.25) is 0 Å². The van der Waals surface area contributed by atoms with Crippen molar-refractivity contribution in [3.63, 3.8) is 0 Å². The summed E-state index contributed by atoms with van der Waals surface area (Å²) in [5.41, 5.74) is 3.66. The van der Waals surface area contributed by atoms with Crippen molar-refractivity contribution in [2.75, 3.05) is 6.61 Å². The Morgan fingerprint density at radius 3 is 1.96 bits per heavy atom. The third kappa shape index (κ3) is 5.40. The van der Waals surface area contributed by atoms with E-state index in [4.69, 9.17) is 10.00 Å². The van der Waals surface area contributed by atoms with E-state index < -0.39 is 0 Å². The molecule has 0 aliphatic heterocycles. The van der Waals surface area contributed by atoms with Crippen LogP contribution in [0.4, 0.5) is 0 Å². The number of nitrogens with zero attached hydrogens (tertiary/aromatic N) is 3. The van der Waals surface area contributed by atoms with Crippen LogP contribution < -0.4 is 4.74 Å². The summed E-state index contributed by atoms with van der Waals surface area (Å²) in [6.07, 6.45) is 9.30. The molecule has 142 valence electrons. The summed E-state index contributed by atoms with van der Waals surface area (Å²) in [6.45, 7) is 3.01. The summed E-state index contributed by atoms with van der Waals surface area (Å²) < 4.78 is 5.83. The highest BCUT2D eigenvalue weighted by Crippen LogP contribution is 2.25. The van der Waals surface area contributed by atoms with E-state index in [9.17, 15) is 0 Å². The molecule has 0 saturated heterocycles. The van der Waals surface area contributed by atoms with Gasteiger partial charge in [0.05, 0.1) is 12.2 Å². The van der Waals surface area contributed by atoms with Crippen LogP contribution in [0.25, 0.3) is 22.5 Å². The van der Waals surface area contributed by atoms with E-state index in [0.717, 1.165) is 35.5 Å². The lowest BCUT2D eigenvalue weighted by Crippen LogP contribution is -1.97. The van der Waals surface area contributed by atoms with Crippen molar-refractivity contribution >= 4 is 0 Å². The first kappa shape index (κ1) is 19.6. The molecule has 1 aromatic heterocycles. The Morgan fingerprint density at radius 2 is 1.36 bits per heavy atom. The number of hydrogen-bond donors (Lipinski definition) is 0. The maximum absolute atomic E-state index is 8.83.